The third kappa shape index (κ3) is 5.24. The third-order valence-corrected chi connectivity index (χ3v) is 6.39. The van der Waals surface area contributed by atoms with Crippen molar-refractivity contribution in [3.63, 3.8) is 0 Å². The lowest BCUT2D eigenvalue weighted by Gasteiger charge is -2.07. The number of hydrogen-bond acceptors (Lipinski definition) is 6. The number of carbonyl (C=O) groups is 2. The van der Waals surface area contributed by atoms with Gasteiger partial charge in [-0.15, -0.1) is 11.8 Å². The molecule has 0 radical (unpaired) electrons. The summed E-state index contributed by atoms with van der Waals surface area (Å²) in [6, 6.07) is 18.4. The first-order valence-corrected chi connectivity index (χ1v) is 11.4. The Morgan fingerprint density at radius 3 is 2.59 bits per heavy atom. The van der Waals surface area contributed by atoms with Crippen LogP contribution in [0, 0.1) is 5.82 Å². The average molecular weight is 468 g/mol. The van der Waals surface area contributed by atoms with E-state index in [1.807, 2.05) is 18.2 Å². The van der Waals surface area contributed by atoms with Crippen LogP contribution in [0.25, 0.3) is 10.2 Å². The number of halogens is 1. The molecule has 2 amide bonds. The van der Waals surface area contributed by atoms with Crippen LogP contribution >= 0.6 is 23.1 Å². The summed E-state index contributed by atoms with van der Waals surface area (Å²) in [6.45, 7) is 0. The van der Waals surface area contributed by atoms with Crippen LogP contribution in [0.1, 0.15) is 10.4 Å². The number of nitrogens with one attached hydrogen (secondary N) is 2. The SMILES string of the molecule is COc1ccc2nc(NC(=O)CSc3ccc(NC(=O)c4ccccc4F)cc3)sc2c1. The summed E-state index contributed by atoms with van der Waals surface area (Å²) in [4.78, 5) is 29.8. The molecule has 0 unspecified atom stereocenters. The molecule has 0 saturated heterocycles. The van der Waals surface area contributed by atoms with Crippen molar-refractivity contribution in [3.8, 4) is 5.75 Å². The molecule has 0 bridgehead atoms. The number of carbonyl (C=O) groups excluding carboxylic acids is 2. The number of thioether (sulfide) groups is 1. The second-order valence-electron chi connectivity index (χ2n) is 6.65. The van der Waals surface area contributed by atoms with Crippen molar-refractivity contribution >= 4 is 55.9 Å². The van der Waals surface area contributed by atoms with Crippen LogP contribution in [0.15, 0.2) is 71.6 Å². The first-order chi connectivity index (χ1) is 15.5. The van der Waals surface area contributed by atoms with E-state index in [1.165, 1.54) is 41.3 Å². The van der Waals surface area contributed by atoms with Gasteiger partial charge in [0.05, 0.1) is 28.6 Å². The Hall–Kier alpha value is -3.43. The summed E-state index contributed by atoms with van der Waals surface area (Å²) < 4.78 is 19.9. The first-order valence-electron chi connectivity index (χ1n) is 9.55. The topological polar surface area (TPSA) is 80.3 Å². The molecule has 3 aromatic carbocycles. The lowest BCUT2D eigenvalue weighted by atomic mass is 10.2. The van der Waals surface area contributed by atoms with Gasteiger partial charge >= 0.3 is 0 Å². The van der Waals surface area contributed by atoms with Gasteiger partial charge in [-0.05, 0) is 54.6 Å². The maximum absolute atomic E-state index is 13.7. The lowest BCUT2D eigenvalue weighted by Crippen LogP contribution is -2.14. The Morgan fingerprint density at radius 2 is 1.84 bits per heavy atom. The summed E-state index contributed by atoms with van der Waals surface area (Å²) in [5, 5.41) is 6.01. The summed E-state index contributed by atoms with van der Waals surface area (Å²) in [5.74, 6) is -0.312. The fraction of sp³-hybridized carbons (Fsp3) is 0.0870. The van der Waals surface area contributed by atoms with Crippen molar-refractivity contribution in [1.29, 1.82) is 0 Å². The molecular formula is C23H18FN3O3S2. The number of methoxy groups -OCH3 is 1. The monoisotopic (exact) mass is 467 g/mol. The van der Waals surface area contributed by atoms with Gasteiger partial charge in [-0.1, -0.05) is 23.5 Å². The zero-order chi connectivity index (χ0) is 22.5. The van der Waals surface area contributed by atoms with Crippen LogP contribution in [-0.4, -0.2) is 29.7 Å². The molecule has 4 rings (SSSR count). The molecule has 0 spiro atoms. The first kappa shape index (κ1) is 21.8. The normalized spacial score (nSPS) is 10.7. The maximum Gasteiger partial charge on any atom is 0.258 e. The molecule has 0 saturated carbocycles. The molecule has 0 aliphatic carbocycles. The van der Waals surface area contributed by atoms with Gasteiger partial charge in [0.15, 0.2) is 5.13 Å². The van der Waals surface area contributed by atoms with E-state index < -0.39 is 11.7 Å². The standard InChI is InChI=1S/C23H18FN3O3S2/c1-30-15-8-11-19-20(12-15)32-23(26-19)27-21(28)13-31-16-9-6-14(7-10-16)25-22(29)17-4-2-3-5-18(17)24/h2-12H,13H2,1H3,(H,25,29)(H,26,27,28). The molecule has 0 fully saturated rings. The fourth-order valence-corrected chi connectivity index (χ4v) is 4.48. The van der Waals surface area contributed by atoms with E-state index in [2.05, 4.69) is 15.6 Å². The van der Waals surface area contributed by atoms with E-state index in [1.54, 1.807) is 37.4 Å². The zero-order valence-electron chi connectivity index (χ0n) is 16.9. The smallest absolute Gasteiger partial charge is 0.258 e. The third-order valence-electron chi connectivity index (χ3n) is 4.44. The molecule has 4 aromatic rings. The minimum Gasteiger partial charge on any atom is -0.497 e. The van der Waals surface area contributed by atoms with Crippen molar-refractivity contribution in [2.24, 2.45) is 0 Å². The van der Waals surface area contributed by atoms with Gasteiger partial charge in [0.1, 0.15) is 11.6 Å². The minimum atomic E-state index is -0.574. The highest BCUT2D eigenvalue weighted by molar-refractivity contribution is 8.00. The highest BCUT2D eigenvalue weighted by Crippen LogP contribution is 2.29. The number of nitrogens with zero attached hydrogens (tertiary/aromatic N) is 1. The molecule has 0 atom stereocenters. The lowest BCUT2D eigenvalue weighted by molar-refractivity contribution is -0.113. The van der Waals surface area contributed by atoms with Crippen LogP contribution in [0.2, 0.25) is 0 Å². The van der Waals surface area contributed by atoms with Crippen molar-refractivity contribution < 1.29 is 18.7 Å². The molecule has 6 nitrogen and oxygen atoms in total. The average Bonchev–Trinajstić information content (AvgIpc) is 3.20. The van der Waals surface area contributed by atoms with Gasteiger partial charge in [-0.25, -0.2) is 9.37 Å². The van der Waals surface area contributed by atoms with Crippen molar-refractivity contribution in [1.82, 2.24) is 4.98 Å². The summed E-state index contributed by atoms with van der Waals surface area (Å²) in [7, 11) is 1.60. The Labute approximate surface area is 191 Å². The van der Waals surface area contributed by atoms with Crippen LogP contribution in [0.5, 0.6) is 5.75 Å². The Kier molecular flexibility index (Phi) is 6.67. The largest absolute Gasteiger partial charge is 0.497 e. The number of amides is 2. The summed E-state index contributed by atoms with van der Waals surface area (Å²) >= 11 is 2.74. The number of rotatable bonds is 7. The number of ether oxygens (including phenoxy) is 1. The molecule has 162 valence electrons. The van der Waals surface area contributed by atoms with E-state index in [9.17, 15) is 14.0 Å². The summed E-state index contributed by atoms with van der Waals surface area (Å²) in [5.41, 5.74) is 1.32. The van der Waals surface area contributed by atoms with E-state index in [-0.39, 0.29) is 17.2 Å². The summed E-state index contributed by atoms with van der Waals surface area (Å²) in [6.07, 6.45) is 0. The quantitative estimate of drug-likeness (QED) is 0.355. The molecule has 32 heavy (non-hydrogen) atoms. The van der Waals surface area contributed by atoms with Gasteiger partial charge in [0, 0.05) is 10.6 Å². The van der Waals surface area contributed by atoms with Gasteiger partial charge in [0.2, 0.25) is 5.91 Å². The van der Waals surface area contributed by atoms with E-state index in [4.69, 9.17) is 4.74 Å². The second-order valence-corrected chi connectivity index (χ2v) is 8.73. The predicted octanol–water partition coefficient (Wildman–Crippen LogP) is 5.43. The number of benzene rings is 3. The molecular weight excluding hydrogens is 449 g/mol. The highest BCUT2D eigenvalue weighted by atomic mass is 32.2. The molecule has 0 aliphatic rings. The highest BCUT2D eigenvalue weighted by Gasteiger charge is 2.12. The van der Waals surface area contributed by atoms with Crippen molar-refractivity contribution in [2.45, 2.75) is 4.90 Å². The Balaban J connectivity index is 1.30. The van der Waals surface area contributed by atoms with E-state index in [0.29, 0.717) is 10.8 Å². The molecule has 0 aliphatic heterocycles. The predicted molar refractivity (Wildman–Crippen MR) is 126 cm³/mol. The molecule has 2 N–H and O–H groups in total. The number of anilines is 2. The van der Waals surface area contributed by atoms with Gasteiger partial charge in [0.25, 0.3) is 5.91 Å². The maximum atomic E-state index is 13.7. The molecule has 1 aromatic heterocycles. The number of aromatic nitrogens is 1. The van der Waals surface area contributed by atoms with Gasteiger partial charge in [-0.2, -0.15) is 0 Å². The fourth-order valence-electron chi connectivity index (χ4n) is 2.87. The second kappa shape index (κ2) is 9.80. The number of hydrogen-bond donors (Lipinski definition) is 2. The van der Waals surface area contributed by atoms with Crippen LogP contribution in [0.3, 0.4) is 0 Å². The zero-order valence-corrected chi connectivity index (χ0v) is 18.6. The van der Waals surface area contributed by atoms with Crippen LogP contribution < -0.4 is 15.4 Å². The van der Waals surface area contributed by atoms with E-state index in [0.717, 1.165) is 20.9 Å². The Morgan fingerprint density at radius 1 is 1.06 bits per heavy atom. The van der Waals surface area contributed by atoms with Gasteiger partial charge < -0.3 is 15.4 Å². The van der Waals surface area contributed by atoms with Crippen molar-refractivity contribution in [2.75, 3.05) is 23.5 Å². The van der Waals surface area contributed by atoms with Crippen LogP contribution in [-0.2, 0) is 4.79 Å². The number of fused-ring (bicyclic) bond motifs is 1. The van der Waals surface area contributed by atoms with Crippen LogP contribution in [0.4, 0.5) is 15.2 Å². The molecule has 9 heteroatoms. The minimum absolute atomic E-state index is 0.0177. The molecule has 1 heterocycles. The number of thiazole rings is 1. The van der Waals surface area contributed by atoms with Gasteiger partial charge in [-0.3, -0.25) is 9.59 Å². The van der Waals surface area contributed by atoms with Crippen molar-refractivity contribution in [3.05, 3.63) is 78.1 Å². The Bertz CT molecular complexity index is 1280. The van der Waals surface area contributed by atoms with E-state index >= 15 is 0 Å².